The molecular formula is C5H7NS. The van der Waals surface area contributed by atoms with E-state index in [9.17, 15) is 0 Å². The monoisotopic (exact) mass is 113 g/mol. The average Bonchev–Trinajstić information content (AvgIpc) is 2.14. The number of aromatic nitrogens is 1. The van der Waals surface area contributed by atoms with Gasteiger partial charge < -0.3 is 0 Å². The molecule has 0 N–H and O–H groups in total. The van der Waals surface area contributed by atoms with Gasteiger partial charge in [0.2, 0.25) is 0 Å². The molecule has 0 atom stereocenters. The van der Waals surface area contributed by atoms with Crippen molar-refractivity contribution >= 4 is 11.5 Å². The molecule has 0 unspecified atom stereocenters. The minimum absolute atomic E-state index is 1.06. The molecule has 2 heteroatoms. The van der Waals surface area contributed by atoms with E-state index in [0.29, 0.717) is 0 Å². The highest BCUT2D eigenvalue weighted by Crippen LogP contribution is 1.98. The Labute approximate surface area is 47.2 Å². The maximum absolute atomic E-state index is 4.08. The molecule has 7 heavy (non-hydrogen) atoms. The number of hydrogen-bond donors (Lipinski definition) is 0. The third kappa shape index (κ3) is 0.996. The van der Waals surface area contributed by atoms with Gasteiger partial charge >= 0.3 is 0 Å². The van der Waals surface area contributed by atoms with E-state index in [0.717, 1.165) is 6.42 Å². The summed E-state index contributed by atoms with van der Waals surface area (Å²) in [7, 11) is 0. The molecule has 38 valence electrons. The Balaban J connectivity index is 2.76. The van der Waals surface area contributed by atoms with Crippen LogP contribution in [0.4, 0.5) is 0 Å². The van der Waals surface area contributed by atoms with Crippen molar-refractivity contribution < 1.29 is 0 Å². The number of nitrogens with zero attached hydrogens (tertiary/aromatic N) is 1. The highest BCUT2D eigenvalue weighted by atomic mass is 32.1. The molecule has 1 aromatic heterocycles. The minimum Gasteiger partial charge on any atom is -0.198 e. The van der Waals surface area contributed by atoms with Crippen molar-refractivity contribution in [3.8, 4) is 0 Å². The molecule has 0 radical (unpaired) electrons. The van der Waals surface area contributed by atoms with Gasteiger partial charge in [0.25, 0.3) is 0 Å². The van der Waals surface area contributed by atoms with Crippen LogP contribution in [0, 0.1) is 0 Å². The molecule has 1 aromatic rings. The predicted molar refractivity (Wildman–Crippen MR) is 31.5 cm³/mol. The van der Waals surface area contributed by atoms with Crippen molar-refractivity contribution in [2.24, 2.45) is 0 Å². The van der Waals surface area contributed by atoms with E-state index in [1.165, 1.54) is 17.2 Å². The van der Waals surface area contributed by atoms with Gasteiger partial charge in [-0.3, -0.25) is 0 Å². The smallest absolute Gasteiger partial charge is 0.0539 e. The predicted octanol–water partition coefficient (Wildman–Crippen LogP) is 1.71. The van der Waals surface area contributed by atoms with Gasteiger partial charge in [-0.15, -0.1) is 0 Å². The van der Waals surface area contributed by atoms with Crippen LogP contribution < -0.4 is 0 Å². The molecule has 0 aliphatic rings. The van der Waals surface area contributed by atoms with Crippen molar-refractivity contribution in [3.05, 3.63) is 17.1 Å². The summed E-state index contributed by atoms with van der Waals surface area (Å²) in [4.78, 5) is 0. The third-order valence-electron chi connectivity index (χ3n) is 0.853. The maximum atomic E-state index is 4.08. The molecule has 0 saturated heterocycles. The first-order valence-corrected chi connectivity index (χ1v) is 3.16. The minimum atomic E-state index is 1.06. The van der Waals surface area contributed by atoms with Crippen LogP contribution in [0.1, 0.15) is 12.6 Å². The van der Waals surface area contributed by atoms with Gasteiger partial charge in [-0.05, 0) is 24.0 Å². The summed E-state index contributed by atoms with van der Waals surface area (Å²) >= 11 is 1.51. The van der Waals surface area contributed by atoms with Gasteiger partial charge in [-0.1, -0.05) is 6.92 Å². The van der Waals surface area contributed by atoms with Crippen LogP contribution in [0.3, 0.4) is 0 Å². The Hall–Kier alpha value is -0.370. The lowest BCUT2D eigenvalue weighted by molar-refractivity contribution is 1.09. The van der Waals surface area contributed by atoms with Gasteiger partial charge in [-0.2, -0.15) is 4.37 Å². The summed E-state index contributed by atoms with van der Waals surface area (Å²) < 4.78 is 4.08. The van der Waals surface area contributed by atoms with Crippen LogP contribution in [-0.2, 0) is 6.42 Å². The first-order chi connectivity index (χ1) is 3.43. The molecule has 0 amide bonds. The van der Waals surface area contributed by atoms with Crippen molar-refractivity contribution in [3.63, 3.8) is 0 Å². The van der Waals surface area contributed by atoms with Gasteiger partial charge in [0.1, 0.15) is 0 Å². The SMILES string of the molecule is CCc1ccsn1. The summed E-state index contributed by atoms with van der Waals surface area (Å²) in [6, 6.07) is 2.05. The summed E-state index contributed by atoms with van der Waals surface area (Å²) in [5.41, 5.74) is 1.20. The maximum Gasteiger partial charge on any atom is 0.0539 e. The first kappa shape index (κ1) is 4.78. The van der Waals surface area contributed by atoms with Crippen LogP contribution in [-0.4, -0.2) is 4.37 Å². The van der Waals surface area contributed by atoms with E-state index in [4.69, 9.17) is 0 Å². The van der Waals surface area contributed by atoms with E-state index >= 15 is 0 Å². The van der Waals surface area contributed by atoms with Crippen molar-refractivity contribution in [2.75, 3.05) is 0 Å². The molecule has 0 aliphatic heterocycles. The lowest BCUT2D eigenvalue weighted by atomic mass is 10.4. The zero-order valence-corrected chi connectivity index (χ0v) is 5.03. The molecule has 1 heterocycles. The van der Waals surface area contributed by atoms with Crippen LogP contribution >= 0.6 is 11.5 Å². The molecule has 0 spiro atoms. The molecule has 0 aliphatic carbocycles. The fraction of sp³-hybridized carbons (Fsp3) is 0.400. The lowest BCUT2D eigenvalue weighted by Crippen LogP contribution is -1.72. The van der Waals surface area contributed by atoms with E-state index in [2.05, 4.69) is 11.3 Å². The first-order valence-electron chi connectivity index (χ1n) is 2.32. The molecule has 0 saturated carbocycles. The fourth-order valence-electron chi connectivity index (χ4n) is 0.420. The van der Waals surface area contributed by atoms with E-state index < -0.39 is 0 Å². The largest absolute Gasteiger partial charge is 0.198 e. The molecule has 0 fully saturated rings. The normalized spacial score (nSPS) is 9.29. The van der Waals surface area contributed by atoms with Crippen LogP contribution in [0.15, 0.2) is 11.4 Å². The number of rotatable bonds is 1. The quantitative estimate of drug-likeness (QED) is 0.540. The number of hydrogen-bond acceptors (Lipinski definition) is 2. The Morgan fingerprint density at radius 3 is 3.00 bits per heavy atom. The van der Waals surface area contributed by atoms with Crippen molar-refractivity contribution in [2.45, 2.75) is 13.3 Å². The molecule has 1 rings (SSSR count). The highest BCUT2D eigenvalue weighted by Gasteiger charge is 1.84. The Bertz CT molecular complexity index is 123. The van der Waals surface area contributed by atoms with Gasteiger partial charge in [0.15, 0.2) is 0 Å². The summed E-state index contributed by atoms with van der Waals surface area (Å²) in [5.74, 6) is 0. The standard InChI is InChI=1S/C5H7NS/c1-2-5-3-4-7-6-5/h3-4H,2H2,1H3. The Morgan fingerprint density at radius 2 is 2.71 bits per heavy atom. The average molecular weight is 113 g/mol. The van der Waals surface area contributed by atoms with Gasteiger partial charge in [0.05, 0.1) is 5.69 Å². The van der Waals surface area contributed by atoms with Crippen molar-refractivity contribution in [1.82, 2.24) is 4.37 Å². The fourth-order valence-corrected chi connectivity index (χ4v) is 1.02. The van der Waals surface area contributed by atoms with Crippen molar-refractivity contribution in [1.29, 1.82) is 0 Å². The van der Waals surface area contributed by atoms with Gasteiger partial charge in [0, 0.05) is 5.38 Å². The topological polar surface area (TPSA) is 12.9 Å². The third-order valence-corrected chi connectivity index (χ3v) is 1.45. The lowest BCUT2D eigenvalue weighted by Gasteiger charge is -1.77. The van der Waals surface area contributed by atoms with E-state index in [-0.39, 0.29) is 0 Å². The summed E-state index contributed by atoms with van der Waals surface area (Å²) in [5, 5.41) is 2.00. The summed E-state index contributed by atoms with van der Waals surface area (Å²) in [6.45, 7) is 2.11. The Morgan fingerprint density at radius 1 is 1.86 bits per heavy atom. The highest BCUT2D eigenvalue weighted by molar-refractivity contribution is 7.03. The molecule has 0 aromatic carbocycles. The molecule has 0 bridgehead atoms. The summed E-state index contributed by atoms with van der Waals surface area (Å²) in [6.07, 6.45) is 1.06. The van der Waals surface area contributed by atoms with E-state index in [1.807, 2.05) is 11.4 Å². The second-order valence-electron chi connectivity index (χ2n) is 1.34. The van der Waals surface area contributed by atoms with Crippen LogP contribution in [0.25, 0.3) is 0 Å². The van der Waals surface area contributed by atoms with Crippen LogP contribution in [0.5, 0.6) is 0 Å². The van der Waals surface area contributed by atoms with Gasteiger partial charge in [-0.25, -0.2) is 0 Å². The second kappa shape index (κ2) is 2.07. The van der Waals surface area contributed by atoms with Crippen LogP contribution in [0.2, 0.25) is 0 Å². The second-order valence-corrected chi connectivity index (χ2v) is 2.01. The zero-order chi connectivity index (χ0) is 5.11. The number of aryl methyl sites for hydroxylation is 1. The molecule has 1 nitrogen and oxygen atoms in total. The zero-order valence-electron chi connectivity index (χ0n) is 4.22. The molecular weight excluding hydrogens is 106 g/mol. The van der Waals surface area contributed by atoms with E-state index in [1.54, 1.807) is 0 Å². The Kier molecular flexibility index (Phi) is 1.42.